The van der Waals surface area contributed by atoms with E-state index >= 15 is 0 Å². The molecule has 0 aliphatic heterocycles. The van der Waals surface area contributed by atoms with Gasteiger partial charge in [-0.1, -0.05) is 37.4 Å². The van der Waals surface area contributed by atoms with Gasteiger partial charge in [-0.3, -0.25) is 0 Å². The molecule has 50 heavy (non-hydrogen) atoms. The summed E-state index contributed by atoms with van der Waals surface area (Å²) in [6.45, 7) is 8.18. The predicted octanol–water partition coefficient (Wildman–Crippen LogP) is 6.59. The third kappa shape index (κ3) is 14.6. The molecule has 0 radical (unpaired) electrons. The van der Waals surface area contributed by atoms with E-state index in [9.17, 15) is 24.4 Å². The highest BCUT2D eigenvalue weighted by atomic mass is 16.5. The van der Waals surface area contributed by atoms with Gasteiger partial charge in [-0.25, -0.2) is 19.2 Å². The Morgan fingerprint density at radius 3 is 1.50 bits per heavy atom. The molecule has 0 aliphatic rings. The normalized spacial score (nSPS) is 10.7. The van der Waals surface area contributed by atoms with E-state index in [0.717, 1.165) is 17.7 Å². The van der Waals surface area contributed by atoms with Gasteiger partial charge in [0.25, 0.3) is 0 Å². The van der Waals surface area contributed by atoms with E-state index in [1.165, 1.54) is 36.4 Å². The van der Waals surface area contributed by atoms with Crippen LogP contribution in [-0.2, 0) is 28.7 Å². The summed E-state index contributed by atoms with van der Waals surface area (Å²) in [5, 5.41) is 9.53. The minimum Gasteiger partial charge on any atom is -0.494 e. The van der Waals surface area contributed by atoms with Crippen LogP contribution in [0.2, 0.25) is 0 Å². The maximum absolute atomic E-state index is 12.6. The van der Waals surface area contributed by atoms with Gasteiger partial charge in [0.1, 0.15) is 34.6 Å². The first-order chi connectivity index (χ1) is 24.3. The van der Waals surface area contributed by atoms with Crippen molar-refractivity contribution in [1.82, 2.24) is 0 Å². The molecule has 3 rings (SSSR count). The smallest absolute Gasteiger partial charge is 0.354 e. The summed E-state index contributed by atoms with van der Waals surface area (Å²) in [7, 11) is 0. The second kappa shape index (κ2) is 21.5. The Bertz CT molecular complexity index is 1700. The molecule has 258 valence electrons. The van der Waals surface area contributed by atoms with Crippen molar-refractivity contribution < 1.29 is 47.6 Å². The van der Waals surface area contributed by atoms with Crippen LogP contribution in [0.1, 0.15) is 36.8 Å². The van der Waals surface area contributed by atoms with Crippen LogP contribution in [0.5, 0.6) is 23.0 Å². The molecular weight excluding hydrogens is 642 g/mol. The van der Waals surface area contributed by atoms with E-state index in [1.54, 1.807) is 54.6 Å². The van der Waals surface area contributed by atoms with Crippen LogP contribution in [0, 0.1) is 11.3 Å². The zero-order valence-electron chi connectivity index (χ0n) is 27.4. The molecule has 0 spiro atoms. The topological polar surface area (TPSA) is 147 Å². The highest BCUT2D eigenvalue weighted by molar-refractivity contribution is 5.99. The number of nitriles is 1. The Labute approximate surface area is 290 Å². The second-order valence-corrected chi connectivity index (χ2v) is 10.3. The zero-order chi connectivity index (χ0) is 36.0. The summed E-state index contributed by atoms with van der Waals surface area (Å²) in [6.07, 6.45) is 9.24. The predicted molar refractivity (Wildman–Crippen MR) is 185 cm³/mol. The lowest BCUT2D eigenvalue weighted by Gasteiger charge is -2.07. The third-order valence-corrected chi connectivity index (χ3v) is 6.51. The summed E-state index contributed by atoms with van der Waals surface area (Å²) in [6, 6.07) is 21.6. The number of benzene rings is 3. The number of carbonyl (C=O) groups excluding carboxylic acids is 4. The van der Waals surface area contributed by atoms with Crippen LogP contribution in [0.15, 0.2) is 110 Å². The highest BCUT2D eigenvalue weighted by Crippen LogP contribution is 2.21. The molecule has 0 amide bonds. The van der Waals surface area contributed by atoms with Gasteiger partial charge in [0.2, 0.25) is 0 Å². The lowest BCUT2D eigenvalue weighted by atomic mass is 10.1. The number of unbranched alkanes of at least 4 members (excludes halogenated alkanes) is 2. The molecular formula is C39H37NO10. The molecule has 3 aromatic rings. The molecule has 11 heteroatoms. The van der Waals surface area contributed by atoms with Gasteiger partial charge in [-0.2, -0.15) is 5.26 Å². The molecule has 0 atom stereocenters. The zero-order valence-corrected chi connectivity index (χ0v) is 27.4. The number of hydrogen-bond donors (Lipinski definition) is 0. The first kappa shape index (κ1) is 38.0. The number of nitrogens with zero attached hydrogens (tertiary/aromatic N) is 1. The molecule has 0 fully saturated rings. The van der Waals surface area contributed by atoms with Crippen molar-refractivity contribution in [3.63, 3.8) is 0 Å². The third-order valence-electron chi connectivity index (χ3n) is 6.51. The fraction of sp³-hybridized carbons (Fsp3) is 0.205. The highest BCUT2D eigenvalue weighted by Gasteiger charge is 2.13. The number of rotatable bonds is 20. The molecule has 0 unspecified atom stereocenters. The summed E-state index contributed by atoms with van der Waals surface area (Å²) in [5.41, 5.74) is 1.15. The van der Waals surface area contributed by atoms with Crippen LogP contribution in [0.3, 0.4) is 0 Å². The average molecular weight is 680 g/mol. The Kier molecular flexibility index (Phi) is 16.3. The van der Waals surface area contributed by atoms with Crippen molar-refractivity contribution in [2.75, 3.05) is 26.4 Å². The Balaban J connectivity index is 1.40. The summed E-state index contributed by atoms with van der Waals surface area (Å²) in [4.78, 5) is 47.0. The number of ether oxygens (including phenoxy) is 6. The minimum atomic E-state index is -0.847. The van der Waals surface area contributed by atoms with Crippen molar-refractivity contribution in [1.29, 1.82) is 5.26 Å². The van der Waals surface area contributed by atoms with Gasteiger partial charge in [0.15, 0.2) is 0 Å². The van der Waals surface area contributed by atoms with E-state index in [1.807, 2.05) is 6.07 Å². The van der Waals surface area contributed by atoms with Gasteiger partial charge < -0.3 is 28.4 Å². The number of carbonyl (C=O) groups is 4. The molecule has 11 nitrogen and oxygen atoms in total. The Morgan fingerprint density at radius 1 is 0.580 bits per heavy atom. The summed E-state index contributed by atoms with van der Waals surface area (Å²) >= 11 is 0. The second-order valence-electron chi connectivity index (χ2n) is 10.3. The Morgan fingerprint density at radius 2 is 1.02 bits per heavy atom. The van der Waals surface area contributed by atoms with Gasteiger partial charge in [0, 0.05) is 18.2 Å². The van der Waals surface area contributed by atoms with Gasteiger partial charge in [0.05, 0.1) is 26.4 Å². The number of hydrogen-bond acceptors (Lipinski definition) is 11. The lowest BCUT2D eigenvalue weighted by Crippen LogP contribution is -2.10. The monoisotopic (exact) mass is 679 g/mol. The molecule has 0 N–H and O–H groups in total. The van der Waals surface area contributed by atoms with Crippen LogP contribution in [0.4, 0.5) is 0 Å². The van der Waals surface area contributed by atoms with Crippen molar-refractivity contribution >= 4 is 36.0 Å². The van der Waals surface area contributed by atoms with Gasteiger partial charge >= 0.3 is 23.9 Å². The maximum Gasteiger partial charge on any atom is 0.354 e. The van der Waals surface area contributed by atoms with E-state index in [-0.39, 0.29) is 23.7 Å². The molecule has 0 aliphatic carbocycles. The van der Waals surface area contributed by atoms with Crippen LogP contribution < -0.4 is 18.9 Å². The molecule has 3 aromatic carbocycles. The van der Waals surface area contributed by atoms with Gasteiger partial charge in [-0.15, -0.1) is 0 Å². The standard InChI is InChI=1S/C39H37NO10/c1-3-36(41)47-25-7-5-23-45-32-14-9-29(10-15-32)13-22-38(43)49-34-18-20-35(21-19-34)50-39(44)31(28-40)27-30-11-16-33(17-12-30)46-24-6-8-26-48-37(42)4-2/h3-4,9-22,27H,1-2,5-8,23-26H2/b22-13+,31-27+. The van der Waals surface area contributed by atoms with Crippen molar-refractivity contribution in [3.05, 3.63) is 121 Å². The molecule has 0 saturated heterocycles. The molecule has 0 aromatic heterocycles. The average Bonchev–Trinajstić information content (AvgIpc) is 3.14. The first-order valence-corrected chi connectivity index (χ1v) is 15.7. The largest absolute Gasteiger partial charge is 0.494 e. The van der Waals surface area contributed by atoms with Crippen molar-refractivity contribution in [2.45, 2.75) is 25.7 Å². The van der Waals surface area contributed by atoms with Gasteiger partial charge in [-0.05, 0) is 97.5 Å². The van der Waals surface area contributed by atoms with Crippen LogP contribution >= 0.6 is 0 Å². The maximum atomic E-state index is 12.6. The van der Waals surface area contributed by atoms with Crippen molar-refractivity contribution in [3.8, 4) is 29.1 Å². The fourth-order valence-electron chi connectivity index (χ4n) is 3.94. The quantitative estimate of drug-likeness (QED) is 0.0419. The lowest BCUT2D eigenvalue weighted by molar-refractivity contribution is -0.138. The van der Waals surface area contributed by atoms with E-state index in [2.05, 4.69) is 13.2 Å². The van der Waals surface area contributed by atoms with E-state index in [0.29, 0.717) is 62.6 Å². The number of esters is 4. The molecule has 0 bridgehead atoms. The summed E-state index contributed by atoms with van der Waals surface area (Å²) in [5.74, 6) is -0.687. The fourth-order valence-corrected chi connectivity index (χ4v) is 3.94. The molecule has 0 heterocycles. The molecule has 0 saturated carbocycles. The first-order valence-electron chi connectivity index (χ1n) is 15.7. The minimum absolute atomic E-state index is 0.160. The van der Waals surface area contributed by atoms with Crippen LogP contribution in [0.25, 0.3) is 12.2 Å². The van der Waals surface area contributed by atoms with E-state index in [4.69, 9.17) is 28.4 Å². The SMILES string of the molecule is C=CC(=O)OCCCCOc1ccc(/C=C/C(=O)Oc2ccc(OC(=O)/C(C#N)=C/c3ccc(OCCCCOC(=O)C=C)cc3)cc2)cc1. The van der Waals surface area contributed by atoms with Crippen LogP contribution in [-0.4, -0.2) is 50.3 Å². The Hall–Kier alpha value is -6.41. The van der Waals surface area contributed by atoms with E-state index < -0.39 is 23.9 Å². The van der Waals surface area contributed by atoms with Crippen molar-refractivity contribution in [2.24, 2.45) is 0 Å². The summed E-state index contributed by atoms with van der Waals surface area (Å²) < 4.78 is 31.8.